The van der Waals surface area contributed by atoms with Crippen molar-refractivity contribution in [2.45, 2.75) is 58.9 Å². The molecule has 0 spiro atoms. The monoisotopic (exact) mass is 329 g/mol. The third-order valence-electron chi connectivity index (χ3n) is 4.64. The van der Waals surface area contributed by atoms with Gasteiger partial charge >= 0.3 is 5.97 Å². The first kappa shape index (κ1) is 19.0. The molecule has 0 amide bonds. The summed E-state index contributed by atoms with van der Waals surface area (Å²) in [5, 5.41) is 9.65. The van der Waals surface area contributed by atoms with Crippen LogP contribution in [-0.2, 0) is 24.2 Å². The summed E-state index contributed by atoms with van der Waals surface area (Å²) < 4.78 is 2.21. The van der Waals surface area contributed by atoms with Crippen molar-refractivity contribution in [3.63, 3.8) is 0 Å². The highest BCUT2D eigenvalue weighted by atomic mass is 35.5. The van der Waals surface area contributed by atoms with Crippen LogP contribution in [0.1, 0.15) is 50.9 Å². The maximum atomic E-state index is 11.7. The lowest BCUT2D eigenvalue weighted by molar-refractivity contribution is -0.150. The van der Waals surface area contributed by atoms with Crippen molar-refractivity contribution in [1.82, 2.24) is 9.55 Å². The van der Waals surface area contributed by atoms with Crippen LogP contribution in [0.3, 0.4) is 0 Å². The molecule has 3 N–H and O–H groups in total. The topological polar surface area (TPSA) is 81.1 Å². The zero-order valence-corrected chi connectivity index (χ0v) is 14.4. The Morgan fingerprint density at radius 2 is 2.27 bits per heavy atom. The van der Waals surface area contributed by atoms with E-state index in [2.05, 4.69) is 23.4 Å². The third-order valence-corrected chi connectivity index (χ3v) is 4.64. The summed E-state index contributed by atoms with van der Waals surface area (Å²) in [5.41, 5.74) is 7.11. The number of aliphatic carboxylic acids is 1. The standard InChI is InChI=1S/C16H27N3O2.ClH/c1-12(2)5-9-19-11-18-13-10-16(15(20)21,6-3-8-17)7-4-14(13)19;/h11-12H,3-10,17H2,1-2H3,(H,20,21);1H/t16-;/m1./s1. The van der Waals surface area contributed by atoms with E-state index in [1.54, 1.807) is 0 Å². The molecular formula is C16H28ClN3O2. The Morgan fingerprint density at radius 3 is 2.86 bits per heavy atom. The minimum absolute atomic E-state index is 0. The quantitative estimate of drug-likeness (QED) is 0.805. The molecule has 0 aromatic carbocycles. The molecule has 0 fully saturated rings. The second-order valence-corrected chi connectivity index (χ2v) is 6.67. The maximum Gasteiger partial charge on any atom is 0.310 e. The van der Waals surface area contributed by atoms with E-state index in [1.807, 2.05) is 6.33 Å². The van der Waals surface area contributed by atoms with E-state index in [1.165, 1.54) is 5.69 Å². The Bertz CT molecular complexity index is 502. The van der Waals surface area contributed by atoms with E-state index in [0.717, 1.165) is 31.5 Å². The number of aromatic nitrogens is 2. The lowest BCUT2D eigenvalue weighted by Crippen LogP contribution is -2.38. The molecule has 1 aromatic rings. The van der Waals surface area contributed by atoms with Gasteiger partial charge in [-0.2, -0.15) is 0 Å². The summed E-state index contributed by atoms with van der Waals surface area (Å²) in [6, 6.07) is 0. The van der Waals surface area contributed by atoms with Gasteiger partial charge in [-0.1, -0.05) is 13.8 Å². The number of hydrogen-bond donors (Lipinski definition) is 2. The smallest absolute Gasteiger partial charge is 0.310 e. The van der Waals surface area contributed by atoms with E-state index in [-0.39, 0.29) is 12.4 Å². The SMILES string of the molecule is CC(C)CCn1cnc2c1CC[C@@](CCCN)(C(=O)O)C2.Cl. The van der Waals surface area contributed by atoms with Crippen LogP contribution in [0, 0.1) is 11.3 Å². The summed E-state index contributed by atoms with van der Waals surface area (Å²) in [5.74, 6) is -0.0346. The van der Waals surface area contributed by atoms with Crippen molar-refractivity contribution >= 4 is 18.4 Å². The van der Waals surface area contributed by atoms with Crippen molar-refractivity contribution < 1.29 is 9.90 Å². The number of halogens is 1. The van der Waals surface area contributed by atoms with Crippen LogP contribution in [0.5, 0.6) is 0 Å². The molecule has 5 nitrogen and oxygen atoms in total. The van der Waals surface area contributed by atoms with Gasteiger partial charge < -0.3 is 15.4 Å². The molecule has 0 aliphatic heterocycles. The number of nitrogens with zero attached hydrogens (tertiary/aromatic N) is 2. The van der Waals surface area contributed by atoms with E-state index in [4.69, 9.17) is 5.73 Å². The fourth-order valence-corrected chi connectivity index (χ4v) is 3.18. The maximum absolute atomic E-state index is 11.7. The van der Waals surface area contributed by atoms with Gasteiger partial charge in [-0.25, -0.2) is 4.98 Å². The van der Waals surface area contributed by atoms with Crippen LogP contribution in [0.25, 0.3) is 0 Å². The number of imidazole rings is 1. The predicted molar refractivity (Wildman–Crippen MR) is 89.3 cm³/mol. The van der Waals surface area contributed by atoms with Crippen LogP contribution in [0.15, 0.2) is 6.33 Å². The second kappa shape index (κ2) is 7.97. The van der Waals surface area contributed by atoms with Crippen molar-refractivity contribution in [2.75, 3.05) is 6.54 Å². The van der Waals surface area contributed by atoms with Gasteiger partial charge in [0.1, 0.15) is 0 Å². The van der Waals surface area contributed by atoms with Crippen LogP contribution >= 0.6 is 12.4 Å². The zero-order valence-electron chi connectivity index (χ0n) is 13.5. The number of fused-ring (bicyclic) bond motifs is 1. The van der Waals surface area contributed by atoms with Crippen molar-refractivity contribution in [3.8, 4) is 0 Å². The van der Waals surface area contributed by atoms with E-state index in [0.29, 0.717) is 31.7 Å². The van der Waals surface area contributed by atoms with E-state index >= 15 is 0 Å². The highest BCUT2D eigenvalue weighted by molar-refractivity contribution is 5.85. The molecule has 0 saturated carbocycles. The molecule has 0 bridgehead atoms. The van der Waals surface area contributed by atoms with Crippen molar-refractivity contribution in [1.29, 1.82) is 0 Å². The highest BCUT2D eigenvalue weighted by Gasteiger charge is 2.42. The Hall–Kier alpha value is -1.07. The molecule has 6 heteroatoms. The first-order chi connectivity index (χ1) is 9.98. The van der Waals surface area contributed by atoms with Crippen molar-refractivity contribution in [3.05, 3.63) is 17.7 Å². The van der Waals surface area contributed by atoms with Gasteiger partial charge in [0.15, 0.2) is 0 Å². The van der Waals surface area contributed by atoms with Gasteiger partial charge in [0.25, 0.3) is 0 Å². The number of carbonyl (C=O) groups is 1. The summed E-state index contributed by atoms with van der Waals surface area (Å²) >= 11 is 0. The summed E-state index contributed by atoms with van der Waals surface area (Å²) in [6.45, 7) is 5.95. The fraction of sp³-hybridized carbons (Fsp3) is 0.750. The van der Waals surface area contributed by atoms with Crippen molar-refractivity contribution in [2.24, 2.45) is 17.1 Å². The van der Waals surface area contributed by atoms with Gasteiger partial charge in [0, 0.05) is 18.7 Å². The van der Waals surface area contributed by atoms with Gasteiger partial charge in [-0.3, -0.25) is 4.79 Å². The number of rotatable bonds is 7. The first-order valence-electron chi connectivity index (χ1n) is 7.95. The summed E-state index contributed by atoms with van der Waals surface area (Å²) in [4.78, 5) is 16.2. The molecule has 22 heavy (non-hydrogen) atoms. The van der Waals surface area contributed by atoms with Crippen LogP contribution in [0.2, 0.25) is 0 Å². The number of aryl methyl sites for hydroxylation is 1. The highest BCUT2D eigenvalue weighted by Crippen LogP contribution is 2.39. The molecule has 1 aliphatic rings. The van der Waals surface area contributed by atoms with Gasteiger partial charge in [0.05, 0.1) is 17.4 Å². The Kier molecular flexibility index (Phi) is 6.88. The summed E-state index contributed by atoms with van der Waals surface area (Å²) in [6.07, 6.45) is 6.47. The zero-order chi connectivity index (χ0) is 15.5. The Morgan fingerprint density at radius 1 is 1.55 bits per heavy atom. The molecule has 0 radical (unpaired) electrons. The molecule has 1 aromatic heterocycles. The predicted octanol–water partition coefficient (Wildman–Crippen LogP) is 2.65. The molecule has 0 unspecified atom stereocenters. The fourth-order valence-electron chi connectivity index (χ4n) is 3.18. The van der Waals surface area contributed by atoms with Crippen LogP contribution in [-0.4, -0.2) is 27.2 Å². The molecule has 1 atom stereocenters. The minimum Gasteiger partial charge on any atom is -0.481 e. The lowest BCUT2D eigenvalue weighted by Gasteiger charge is -2.33. The second-order valence-electron chi connectivity index (χ2n) is 6.67. The minimum atomic E-state index is -0.696. The van der Waals surface area contributed by atoms with Gasteiger partial charge in [-0.05, 0) is 44.6 Å². The molecule has 0 saturated heterocycles. The third kappa shape index (κ3) is 4.02. The van der Waals surface area contributed by atoms with E-state index in [9.17, 15) is 9.90 Å². The molecule has 1 heterocycles. The average Bonchev–Trinajstić information content (AvgIpc) is 2.84. The number of carboxylic acids is 1. The first-order valence-corrected chi connectivity index (χ1v) is 7.95. The van der Waals surface area contributed by atoms with Crippen LogP contribution < -0.4 is 5.73 Å². The molecule has 126 valence electrons. The number of hydrogen-bond acceptors (Lipinski definition) is 3. The number of carboxylic acid groups (broad SMARTS) is 1. The normalized spacial score (nSPS) is 20.5. The molecule has 2 rings (SSSR count). The Labute approximate surface area is 138 Å². The lowest BCUT2D eigenvalue weighted by atomic mass is 9.71. The largest absolute Gasteiger partial charge is 0.481 e. The number of nitrogens with two attached hydrogens (primary N) is 1. The van der Waals surface area contributed by atoms with E-state index < -0.39 is 11.4 Å². The van der Waals surface area contributed by atoms with Gasteiger partial charge in [-0.15, -0.1) is 12.4 Å². The van der Waals surface area contributed by atoms with Crippen LogP contribution in [0.4, 0.5) is 0 Å². The van der Waals surface area contributed by atoms with Gasteiger partial charge in [0.2, 0.25) is 0 Å². The summed E-state index contributed by atoms with van der Waals surface area (Å²) in [7, 11) is 0. The Balaban J connectivity index is 0.00000242. The molecular weight excluding hydrogens is 302 g/mol. The average molecular weight is 330 g/mol. The molecule has 1 aliphatic carbocycles.